The Morgan fingerprint density at radius 2 is 1.97 bits per heavy atom. The van der Waals surface area contributed by atoms with Gasteiger partial charge in [-0.05, 0) is 29.8 Å². The summed E-state index contributed by atoms with van der Waals surface area (Å²) < 4.78 is 20.2. The Bertz CT molecular complexity index is 1350. The number of H-pyrrole nitrogens is 1. The van der Waals surface area contributed by atoms with Gasteiger partial charge in [-0.15, -0.1) is 0 Å². The summed E-state index contributed by atoms with van der Waals surface area (Å²) in [6.45, 7) is 0.518. The SMILES string of the molecule is O=C(NCc1ccc(CNC(=O)C2COc3ccccc32)c(F)c1)c1ccnc2[nH]ccc12. The van der Waals surface area contributed by atoms with Crippen LogP contribution in [-0.2, 0) is 17.9 Å². The van der Waals surface area contributed by atoms with Crippen molar-refractivity contribution in [2.75, 3.05) is 6.61 Å². The molecule has 7 nitrogen and oxygen atoms in total. The topological polar surface area (TPSA) is 96.1 Å². The smallest absolute Gasteiger partial charge is 0.252 e. The van der Waals surface area contributed by atoms with Gasteiger partial charge >= 0.3 is 0 Å². The number of carbonyl (C=O) groups excluding carboxylic acids is 2. The maximum Gasteiger partial charge on any atom is 0.252 e. The summed E-state index contributed by atoms with van der Waals surface area (Å²) in [5.74, 6) is -0.610. The lowest BCUT2D eigenvalue weighted by Crippen LogP contribution is -2.30. The molecule has 0 saturated carbocycles. The third-order valence-corrected chi connectivity index (χ3v) is 5.74. The van der Waals surface area contributed by atoms with E-state index in [0.29, 0.717) is 28.1 Å². The number of pyridine rings is 1. The average molecular weight is 444 g/mol. The lowest BCUT2D eigenvalue weighted by atomic mass is 10.0. The largest absolute Gasteiger partial charge is 0.492 e. The van der Waals surface area contributed by atoms with Crippen molar-refractivity contribution in [3.63, 3.8) is 0 Å². The van der Waals surface area contributed by atoms with E-state index in [1.165, 1.54) is 6.07 Å². The number of para-hydroxylation sites is 1. The third kappa shape index (κ3) is 4.15. The number of halogens is 1. The summed E-state index contributed by atoms with van der Waals surface area (Å²) in [6, 6.07) is 15.6. The molecule has 5 rings (SSSR count). The Balaban J connectivity index is 1.19. The van der Waals surface area contributed by atoms with E-state index >= 15 is 0 Å². The Morgan fingerprint density at radius 3 is 2.85 bits per heavy atom. The molecule has 3 heterocycles. The first-order chi connectivity index (χ1) is 16.1. The van der Waals surface area contributed by atoms with Crippen molar-refractivity contribution in [2.24, 2.45) is 0 Å². The number of hydrogen-bond donors (Lipinski definition) is 3. The van der Waals surface area contributed by atoms with Crippen LogP contribution in [0.3, 0.4) is 0 Å². The van der Waals surface area contributed by atoms with Crippen LogP contribution >= 0.6 is 0 Å². The minimum atomic E-state index is -0.443. The van der Waals surface area contributed by atoms with Gasteiger partial charge in [0.1, 0.15) is 29.7 Å². The Kier molecular flexibility index (Phi) is 5.48. The second kappa shape index (κ2) is 8.74. The van der Waals surface area contributed by atoms with Gasteiger partial charge in [-0.2, -0.15) is 0 Å². The first-order valence-corrected chi connectivity index (χ1v) is 10.6. The molecule has 166 valence electrons. The van der Waals surface area contributed by atoms with E-state index in [1.54, 1.807) is 36.7 Å². The minimum absolute atomic E-state index is 0.0679. The number of rotatable bonds is 6. The monoisotopic (exact) mass is 444 g/mol. The molecule has 1 aliphatic rings. The van der Waals surface area contributed by atoms with Gasteiger partial charge in [0.15, 0.2) is 0 Å². The molecule has 2 aromatic heterocycles. The predicted molar refractivity (Wildman–Crippen MR) is 120 cm³/mol. The molecule has 0 spiro atoms. The Morgan fingerprint density at radius 1 is 1.09 bits per heavy atom. The van der Waals surface area contributed by atoms with E-state index in [1.807, 2.05) is 24.3 Å². The van der Waals surface area contributed by atoms with Crippen LogP contribution in [-0.4, -0.2) is 28.4 Å². The molecule has 1 unspecified atom stereocenters. The molecule has 0 bridgehead atoms. The quantitative estimate of drug-likeness (QED) is 0.425. The van der Waals surface area contributed by atoms with Gasteiger partial charge in [0, 0.05) is 42.0 Å². The van der Waals surface area contributed by atoms with E-state index in [2.05, 4.69) is 20.6 Å². The number of hydrogen-bond acceptors (Lipinski definition) is 4. The maximum absolute atomic E-state index is 14.6. The normalized spacial score (nSPS) is 14.5. The molecule has 33 heavy (non-hydrogen) atoms. The van der Waals surface area contributed by atoms with Crippen molar-refractivity contribution in [3.05, 3.63) is 95.1 Å². The highest BCUT2D eigenvalue weighted by molar-refractivity contribution is 6.05. The van der Waals surface area contributed by atoms with Gasteiger partial charge in [0.25, 0.3) is 5.91 Å². The van der Waals surface area contributed by atoms with Crippen LogP contribution in [0.5, 0.6) is 5.75 Å². The van der Waals surface area contributed by atoms with Crippen LogP contribution in [0, 0.1) is 5.82 Å². The molecule has 1 atom stereocenters. The predicted octanol–water partition coefficient (Wildman–Crippen LogP) is 3.42. The first-order valence-electron chi connectivity index (χ1n) is 10.6. The fourth-order valence-corrected chi connectivity index (χ4v) is 3.97. The van der Waals surface area contributed by atoms with Crippen molar-refractivity contribution >= 4 is 22.8 Å². The molecule has 0 saturated heterocycles. The van der Waals surface area contributed by atoms with Crippen molar-refractivity contribution < 1.29 is 18.7 Å². The molecule has 1 aliphatic heterocycles. The highest BCUT2D eigenvalue weighted by atomic mass is 19.1. The number of aromatic amines is 1. The van der Waals surface area contributed by atoms with Crippen LogP contribution < -0.4 is 15.4 Å². The van der Waals surface area contributed by atoms with E-state index in [4.69, 9.17) is 4.74 Å². The van der Waals surface area contributed by atoms with Crippen LogP contribution in [0.4, 0.5) is 4.39 Å². The number of amides is 2. The lowest BCUT2D eigenvalue weighted by Gasteiger charge is -2.12. The Hall–Kier alpha value is -4.20. The van der Waals surface area contributed by atoms with Crippen LogP contribution in [0.25, 0.3) is 11.0 Å². The van der Waals surface area contributed by atoms with Crippen molar-refractivity contribution in [1.29, 1.82) is 0 Å². The van der Waals surface area contributed by atoms with Gasteiger partial charge in [0.05, 0.1) is 5.56 Å². The standard InChI is InChI=1S/C25H21FN4O3/c26-21-11-15(12-29-24(31)19-8-10-28-23-18(19)7-9-27-23)5-6-16(21)13-30-25(32)20-14-33-22-4-2-1-3-17(20)22/h1-11,20H,12-14H2,(H,27,28)(H,29,31)(H,30,32). The zero-order valence-electron chi connectivity index (χ0n) is 17.6. The number of carbonyl (C=O) groups is 2. The number of benzene rings is 2. The number of nitrogens with one attached hydrogen (secondary N) is 3. The average Bonchev–Trinajstić information content (AvgIpc) is 3.48. The third-order valence-electron chi connectivity index (χ3n) is 5.74. The van der Waals surface area contributed by atoms with E-state index < -0.39 is 11.7 Å². The summed E-state index contributed by atoms with van der Waals surface area (Å²) in [6.07, 6.45) is 3.28. The maximum atomic E-state index is 14.6. The molecular formula is C25H21FN4O3. The number of aromatic nitrogens is 2. The van der Waals surface area contributed by atoms with Crippen LogP contribution in [0.2, 0.25) is 0 Å². The summed E-state index contributed by atoms with van der Waals surface area (Å²) in [5.41, 5.74) is 2.96. The molecule has 0 radical (unpaired) electrons. The summed E-state index contributed by atoms with van der Waals surface area (Å²) in [4.78, 5) is 32.3. The minimum Gasteiger partial charge on any atom is -0.492 e. The second-order valence-corrected chi connectivity index (χ2v) is 7.83. The van der Waals surface area contributed by atoms with Gasteiger partial charge in [0.2, 0.25) is 5.91 Å². The fraction of sp³-hybridized carbons (Fsp3) is 0.160. The lowest BCUT2D eigenvalue weighted by molar-refractivity contribution is -0.122. The van der Waals surface area contributed by atoms with Crippen molar-refractivity contribution in [3.8, 4) is 5.75 Å². The molecule has 2 aromatic carbocycles. The highest BCUT2D eigenvalue weighted by Gasteiger charge is 2.29. The molecular weight excluding hydrogens is 423 g/mol. The second-order valence-electron chi connectivity index (χ2n) is 7.83. The summed E-state index contributed by atoms with van der Waals surface area (Å²) in [7, 11) is 0. The number of fused-ring (bicyclic) bond motifs is 2. The van der Waals surface area contributed by atoms with Crippen LogP contribution in [0.15, 0.2) is 67.0 Å². The molecule has 8 heteroatoms. The summed E-state index contributed by atoms with van der Waals surface area (Å²) >= 11 is 0. The van der Waals surface area contributed by atoms with Gasteiger partial charge < -0.3 is 20.4 Å². The Labute approximate surface area is 189 Å². The van der Waals surface area contributed by atoms with Crippen LogP contribution in [0.1, 0.15) is 33.0 Å². The van der Waals surface area contributed by atoms with Gasteiger partial charge in [-0.3, -0.25) is 9.59 Å². The molecule has 4 aromatic rings. The zero-order valence-corrected chi connectivity index (χ0v) is 17.6. The summed E-state index contributed by atoms with van der Waals surface area (Å²) in [5, 5.41) is 6.32. The molecule has 0 aliphatic carbocycles. The molecule has 3 N–H and O–H groups in total. The molecule has 2 amide bonds. The fourth-order valence-electron chi connectivity index (χ4n) is 3.97. The van der Waals surface area contributed by atoms with Gasteiger partial charge in [-0.1, -0.05) is 30.3 Å². The van der Waals surface area contributed by atoms with Gasteiger partial charge in [-0.25, -0.2) is 9.37 Å². The van der Waals surface area contributed by atoms with Crippen molar-refractivity contribution in [1.82, 2.24) is 20.6 Å². The highest BCUT2D eigenvalue weighted by Crippen LogP contribution is 2.33. The van der Waals surface area contributed by atoms with E-state index in [0.717, 1.165) is 10.9 Å². The first kappa shape index (κ1) is 20.7. The number of ether oxygens (including phenoxy) is 1. The van der Waals surface area contributed by atoms with E-state index in [-0.39, 0.29) is 31.5 Å². The van der Waals surface area contributed by atoms with E-state index in [9.17, 15) is 14.0 Å². The zero-order chi connectivity index (χ0) is 22.8. The van der Waals surface area contributed by atoms with Crippen molar-refractivity contribution in [2.45, 2.75) is 19.0 Å². The number of nitrogens with zero attached hydrogens (tertiary/aromatic N) is 1. The molecule has 0 fully saturated rings.